The van der Waals surface area contributed by atoms with Gasteiger partial charge in [-0.15, -0.1) is 0 Å². The predicted octanol–water partition coefficient (Wildman–Crippen LogP) is 1.60. The Bertz CT molecular complexity index is 252. The van der Waals surface area contributed by atoms with Crippen LogP contribution in [0.15, 0.2) is 11.4 Å². The summed E-state index contributed by atoms with van der Waals surface area (Å²) in [7, 11) is 0. The van der Waals surface area contributed by atoms with E-state index in [2.05, 4.69) is 9.97 Å². The average molecular weight is 170 g/mol. The highest BCUT2D eigenvalue weighted by molar-refractivity contribution is 7.99. The fourth-order valence-electron chi connectivity index (χ4n) is 0.616. The lowest BCUT2D eigenvalue weighted by Gasteiger charge is -1.98. The Kier molecular flexibility index (Phi) is 2.70. The van der Waals surface area contributed by atoms with Gasteiger partial charge in [-0.05, 0) is 12.7 Å². The Morgan fingerprint density at radius 2 is 2.36 bits per heavy atom. The SMILES string of the molecule is CCSc1ncc(C)c(O)n1. The second kappa shape index (κ2) is 3.57. The van der Waals surface area contributed by atoms with Gasteiger partial charge < -0.3 is 5.11 Å². The maximum Gasteiger partial charge on any atom is 0.217 e. The molecule has 3 nitrogen and oxygen atoms in total. The van der Waals surface area contributed by atoms with Crippen molar-refractivity contribution in [1.29, 1.82) is 0 Å². The van der Waals surface area contributed by atoms with Gasteiger partial charge in [0.1, 0.15) is 0 Å². The number of aromatic hydroxyl groups is 1. The van der Waals surface area contributed by atoms with Gasteiger partial charge in [-0.2, -0.15) is 4.98 Å². The minimum Gasteiger partial charge on any atom is -0.493 e. The van der Waals surface area contributed by atoms with Gasteiger partial charge in [0.25, 0.3) is 0 Å². The van der Waals surface area contributed by atoms with Crippen molar-refractivity contribution in [3.63, 3.8) is 0 Å². The number of aromatic nitrogens is 2. The Morgan fingerprint density at radius 1 is 1.64 bits per heavy atom. The van der Waals surface area contributed by atoms with Gasteiger partial charge in [0.2, 0.25) is 5.88 Å². The smallest absolute Gasteiger partial charge is 0.217 e. The van der Waals surface area contributed by atoms with Crippen LogP contribution in [-0.4, -0.2) is 20.8 Å². The van der Waals surface area contributed by atoms with Gasteiger partial charge in [0.05, 0.1) is 0 Å². The summed E-state index contributed by atoms with van der Waals surface area (Å²) in [5, 5.41) is 9.80. The van der Waals surface area contributed by atoms with Crippen LogP contribution in [0.2, 0.25) is 0 Å². The maximum atomic E-state index is 9.16. The quantitative estimate of drug-likeness (QED) is 0.541. The molecule has 0 radical (unpaired) electrons. The summed E-state index contributed by atoms with van der Waals surface area (Å²) in [6.07, 6.45) is 1.63. The first-order valence-electron chi connectivity index (χ1n) is 3.39. The zero-order valence-corrected chi connectivity index (χ0v) is 7.35. The first kappa shape index (κ1) is 8.33. The van der Waals surface area contributed by atoms with Crippen LogP contribution in [0, 0.1) is 6.92 Å². The van der Waals surface area contributed by atoms with Gasteiger partial charge >= 0.3 is 0 Å². The van der Waals surface area contributed by atoms with Gasteiger partial charge in [0.15, 0.2) is 5.16 Å². The van der Waals surface area contributed by atoms with E-state index in [0.29, 0.717) is 10.7 Å². The van der Waals surface area contributed by atoms with Crippen molar-refractivity contribution in [3.05, 3.63) is 11.8 Å². The number of rotatable bonds is 2. The van der Waals surface area contributed by atoms with Crippen molar-refractivity contribution < 1.29 is 5.11 Å². The molecule has 1 aromatic heterocycles. The van der Waals surface area contributed by atoms with Gasteiger partial charge in [-0.3, -0.25) is 0 Å². The molecule has 0 aliphatic rings. The van der Waals surface area contributed by atoms with Crippen molar-refractivity contribution in [2.24, 2.45) is 0 Å². The Balaban J connectivity index is 2.86. The molecule has 0 fully saturated rings. The van der Waals surface area contributed by atoms with E-state index in [1.165, 1.54) is 11.8 Å². The van der Waals surface area contributed by atoms with E-state index in [9.17, 15) is 0 Å². The number of thioether (sulfide) groups is 1. The van der Waals surface area contributed by atoms with E-state index in [-0.39, 0.29) is 5.88 Å². The molecule has 0 saturated heterocycles. The molecule has 0 aliphatic carbocycles. The third-order valence-electron chi connectivity index (χ3n) is 1.20. The van der Waals surface area contributed by atoms with E-state index >= 15 is 0 Å². The molecule has 0 aliphatic heterocycles. The molecule has 1 rings (SSSR count). The van der Waals surface area contributed by atoms with Crippen LogP contribution in [0.25, 0.3) is 0 Å². The predicted molar refractivity (Wildman–Crippen MR) is 44.8 cm³/mol. The molecule has 0 aromatic carbocycles. The van der Waals surface area contributed by atoms with Crippen LogP contribution < -0.4 is 0 Å². The van der Waals surface area contributed by atoms with Gasteiger partial charge in [-0.1, -0.05) is 18.7 Å². The number of aryl methyl sites for hydroxylation is 1. The molecule has 0 spiro atoms. The van der Waals surface area contributed by atoms with E-state index in [0.717, 1.165) is 5.75 Å². The highest BCUT2D eigenvalue weighted by Gasteiger charge is 2.00. The van der Waals surface area contributed by atoms with Crippen molar-refractivity contribution in [3.8, 4) is 5.88 Å². The lowest BCUT2D eigenvalue weighted by atomic mass is 10.4. The molecule has 0 atom stereocenters. The summed E-state index contributed by atoms with van der Waals surface area (Å²) in [6.45, 7) is 3.79. The second-order valence-corrected chi connectivity index (χ2v) is 3.32. The summed E-state index contributed by atoms with van der Waals surface area (Å²) >= 11 is 1.52. The topological polar surface area (TPSA) is 46.0 Å². The zero-order chi connectivity index (χ0) is 8.27. The van der Waals surface area contributed by atoms with Crippen molar-refractivity contribution >= 4 is 11.8 Å². The molecule has 0 saturated carbocycles. The largest absolute Gasteiger partial charge is 0.493 e. The lowest BCUT2D eigenvalue weighted by Crippen LogP contribution is -1.88. The standard InChI is InChI=1S/C7H10N2OS/c1-3-11-7-8-4-5(2)6(10)9-7/h4H,3H2,1-2H3,(H,8,9,10). The monoisotopic (exact) mass is 170 g/mol. The second-order valence-electron chi connectivity index (χ2n) is 2.09. The van der Waals surface area contributed by atoms with Gasteiger partial charge in [-0.25, -0.2) is 4.98 Å². The van der Waals surface area contributed by atoms with Crippen molar-refractivity contribution in [1.82, 2.24) is 9.97 Å². The minimum absolute atomic E-state index is 0.0796. The summed E-state index contributed by atoms with van der Waals surface area (Å²) in [5.41, 5.74) is 0.713. The molecular weight excluding hydrogens is 160 g/mol. The molecule has 1 heterocycles. The Hall–Kier alpha value is -0.770. The minimum atomic E-state index is 0.0796. The lowest BCUT2D eigenvalue weighted by molar-refractivity contribution is 0.441. The fraction of sp³-hybridized carbons (Fsp3) is 0.429. The van der Waals surface area contributed by atoms with Crippen LogP contribution in [0.4, 0.5) is 0 Å². The summed E-state index contributed by atoms with van der Waals surface area (Å²) in [4.78, 5) is 7.89. The van der Waals surface area contributed by atoms with E-state index in [1.54, 1.807) is 13.1 Å². The first-order valence-corrected chi connectivity index (χ1v) is 4.38. The number of hydrogen-bond acceptors (Lipinski definition) is 4. The van der Waals surface area contributed by atoms with Crippen LogP contribution in [0.1, 0.15) is 12.5 Å². The highest BCUT2D eigenvalue weighted by Crippen LogP contribution is 2.17. The first-order chi connectivity index (χ1) is 5.24. The van der Waals surface area contributed by atoms with Crippen molar-refractivity contribution in [2.75, 3.05) is 5.75 Å². The average Bonchev–Trinajstić information content (AvgIpc) is 1.98. The summed E-state index contributed by atoms with van der Waals surface area (Å²) < 4.78 is 0. The molecule has 0 bridgehead atoms. The number of hydrogen-bond donors (Lipinski definition) is 1. The van der Waals surface area contributed by atoms with Crippen LogP contribution in [0.5, 0.6) is 5.88 Å². The Labute approximate surface area is 69.9 Å². The molecule has 11 heavy (non-hydrogen) atoms. The fourth-order valence-corrected chi connectivity index (χ4v) is 1.15. The summed E-state index contributed by atoms with van der Waals surface area (Å²) in [5.74, 6) is 0.999. The summed E-state index contributed by atoms with van der Waals surface area (Å²) in [6, 6.07) is 0. The van der Waals surface area contributed by atoms with Crippen LogP contribution in [-0.2, 0) is 0 Å². The van der Waals surface area contributed by atoms with Gasteiger partial charge in [0, 0.05) is 11.8 Å². The number of nitrogens with zero attached hydrogens (tertiary/aromatic N) is 2. The molecule has 0 unspecified atom stereocenters. The van der Waals surface area contributed by atoms with Crippen molar-refractivity contribution in [2.45, 2.75) is 19.0 Å². The van der Waals surface area contributed by atoms with Crippen LogP contribution in [0.3, 0.4) is 0 Å². The van der Waals surface area contributed by atoms with E-state index in [4.69, 9.17) is 5.11 Å². The third kappa shape index (κ3) is 2.08. The Morgan fingerprint density at radius 3 is 2.91 bits per heavy atom. The van der Waals surface area contributed by atoms with Crippen LogP contribution >= 0.6 is 11.8 Å². The van der Waals surface area contributed by atoms with E-state index in [1.807, 2.05) is 6.92 Å². The molecule has 60 valence electrons. The zero-order valence-electron chi connectivity index (χ0n) is 6.53. The molecular formula is C7H10N2OS. The highest BCUT2D eigenvalue weighted by atomic mass is 32.2. The molecule has 1 N–H and O–H groups in total. The van der Waals surface area contributed by atoms with E-state index < -0.39 is 0 Å². The normalized spacial score (nSPS) is 10.0. The molecule has 0 amide bonds. The third-order valence-corrected chi connectivity index (χ3v) is 1.94. The maximum absolute atomic E-state index is 9.16. The molecule has 1 aromatic rings. The molecule has 4 heteroatoms.